The molecule has 0 spiro atoms. The summed E-state index contributed by atoms with van der Waals surface area (Å²) in [5.41, 5.74) is 8.66. The average molecular weight is 303 g/mol. The monoisotopic (exact) mass is 303 g/mol. The van der Waals surface area contributed by atoms with Crippen LogP contribution in [0.25, 0.3) is 10.1 Å². The van der Waals surface area contributed by atoms with Gasteiger partial charge in [0.1, 0.15) is 4.88 Å². The van der Waals surface area contributed by atoms with Gasteiger partial charge in [-0.3, -0.25) is 10.1 Å². The van der Waals surface area contributed by atoms with E-state index in [-0.39, 0.29) is 5.91 Å². The van der Waals surface area contributed by atoms with Gasteiger partial charge in [-0.15, -0.1) is 22.7 Å². The van der Waals surface area contributed by atoms with Crippen LogP contribution < -0.4 is 11.1 Å². The summed E-state index contributed by atoms with van der Waals surface area (Å²) in [6, 6.07) is 6.02. The molecule has 2 heterocycles. The van der Waals surface area contributed by atoms with Crippen LogP contribution in [0.3, 0.4) is 0 Å². The molecule has 0 aliphatic heterocycles. The van der Waals surface area contributed by atoms with E-state index >= 15 is 0 Å². The first-order valence-electron chi connectivity index (χ1n) is 6.06. The van der Waals surface area contributed by atoms with Crippen molar-refractivity contribution in [3.8, 4) is 0 Å². The lowest BCUT2D eigenvalue weighted by Gasteiger charge is -2.00. The maximum atomic E-state index is 12.3. The van der Waals surface area contributed by atoms with E-state index in [1.54, 1.807) is 0 Å². The molecule has 3 rings (SSSR count). The highest BCUT2D eigenvalue weighted by molar-refractivity contribution is 7.21. The first-order valence-corrected chi connectivity index (χ1v) is 7.76. The molecular formula is C14H13N3OS2. The van der Waals surface area contributed by atoms with Gasteiger partial charge < -0.3 is 5.73 Å². The molecule has 0 radical (unpaired) electrons. The molecule has 102 valence electrons. The van der Waals surface area contributed by atoms with Crippen molar-refractivity contribution in [1.29, 1.82) is 0 Å². The summed E-state index contributed by atoms with van der Waals surface area (Å²) in [4.78, 5) is 17.0. The summed E-state index contributed by atoms with van der Waals surface area (Å²) < 4.78 is 1.02. The highest BCUT2D eigenvalue weighted by Crippen LogP contribution is 2.34. The Bertz CT molecular complexity index is 804. The van der Waals surface area contributed by atoms with Crippen LogP contribution in [-0.4, -0.2) is 10.9 Å². The van der Waals surface area contributed by atoms with E-state index < -0.39 is 0 Å². The molecule has 0 saturated heterocycles. The summed E-state index contributed by atoms with van der Waals surface area (Å²) in [6.45, 7) is 3.90. The predicted octanol–water partition coefficient (Wildman–Crippen LogP) is 3.81. The number of benzene rings is 1. The summed E-state index contributed by atoms with van der Waals surface area (Å²) in [6.07, 6.45) is 0. The fourth-order valence-electron chi connectivity index (χ4n) is 1.96. The fraction of sp³-hybridized carbons (Fsp3) is 0.143. The maximum absolute atomic E-state index is 12.3. The number of nitrogens with two attached hydrogens (primary N) is 1. The normalized spacial score (nSPS) is 10.9. The number of hydrogen-bond donors (Lipinski definition) is 2. The minimum absolute atomic E-state index is 0.198. The number of aromatic nitrogens is 1. The number of anilines is 2. The van der Waals surface area contributed by atoms with Crippen molar-refractivity contribution < 1.29 is 4.79 Å². The molecule has 0 saturated carbocycles. The Kier molecular flexibility index (Phi) is 3.19. The summed E-state index contributed by atoms with van der Waals surface area (Å²) in [7, 11) is 0. The lowest BCUT2D eigenvalue weighted by Crippen LogP contribution is -2.11. The second-order valence-electron chi connectivity index (χ2n) is 4.59. The molecule has 3 aromatic rings. The first-order chi connectivity index (χ1) is 9.54. The molecule has 0 fully saturated rings. The maximum Gasteiger partial charge on any atom is 0.269 e. The van der Waals surface area contributed by atoms with Gasteiger partial charge in [-0.05, 0) is 26.0 Å². The van der Waals surface area contributed by atoms with Crippen LogP contribution in [0.1, 0.15) is 20.9 Å². The number of carbonyl (C=O) groups excluding carboxylic acids is 1. The van der Waals surface area contributed by atoms with E-state index in [0.29, 0.717) is 15.7 Å². The van der Waals surface area contributed by atoms with Gasteiger partial charge in [0, 0.05) is 15.5 Å². The van der Waals surface area contributed by atoms with Gasteiger partial charge in [0.25, 0.3) is 5.91 Å². The molecule has 0 atom stereocenters. The Morgan fingerprint density at radius 3 is 2.85 bits per heavy atom. The molecule has 2 aromatic heterocycles. The summed E-state index contributed by atoms with van der Waals surface area (Å²) in [5.74, 6) is -0.198. The number of nitrogen functional groups attached to an aromatic ring is 1. The van der Waals surface area contributed by atoms with Gasteiger partial charge in [0.15, 0.2) is 5.13 Å². The minimum atomic E-state index is -0.198. The zero-order chi connectivity index (χ0) is 14.3. The third-order valence-electron chi connectivity index (χ3n) is 2.93. The van der Waals surface area contributed by atoms with E-state index in [4.69, 9.17) is 5.73 Å². The second-order valence-corrected chi connectivity index (χ2v) is 6.50. The number of nitrogens with one attached hydrogen (secondary N) is 1. The molecule has 0 unspecified atom stereocenters. The van der Waals surface area contributed by atoms with Crippen molar-refractivity contribution in [2.24, 2.45) is 0 Å². The van der Waals surface area contributed by atoms with Crippen LogP contribution in [0.2, 0.25) is 0 Å². The Morgan fingerprint density at radius 2 is 2.15 bits per heavy atom. The van der Waals surface area contributed by atoms with Crippen LogP contribution >= 0.6 is 22.7 Å². The Balaban J connectivity index is 1.97. The quantitative estimate of drug-likeness (QED) is 0.756. The highest BCUT2D eigenvalue weighted by atomic mass is 32.1. The summed E-state index contributed by atoms with van der Waals surface area (Å²) in [5, 5.41) is 6.23. The minimum Gasteiger partial charge on any atom is -0.397 e. The van der Waals surface area contributed by atoms with Crippen LogP contribution in [0.15, 0.2) is 23.6 Å². The molecule has 6 heteroatoms. The van der Waals surface area contributed by atoms with Gasteiger partial charge in [-0.2, -0.15) is 0 Å². The van der Waals surface area contributed by atoms with Crippen molar-refractivity contribution in [1.82, 2.24) is 4.98 Å². The number of fused-ring (bicyclic) bond motifs is 1. The van der Waals surface area contributed by atoms with E-state index in [9.17, 15) is 4.79 Å². The zero-order valence-corrected chi connectivity index (χ0v) is 12.7. The van der Waals surface area contributed by atoms with E-state index in [1.807, 2.05) is 37.4 Å². The van der Waals surface area contributed by atoms with Crippen LogP contribution in [0.5, 0.6) is 0 Å². The smallest absolute Gasteiger partial charge is 0.269 e. The SMILES string of the molecule is Cc1ccc2sc(C(=O)Nc3nc(C)cs3)c(N)c2c1. The average Bonchev–Trinajstić information content (AvgIpc) is 2.94. The third kappa shape index (κ3) is 2.28. The Hall–Kier alpha value is -1.92. The molecule has 1 aromatic carbocycles. The van der Waals surface area contributed by atoms with Crippen molar-refractivity contribution >= 4 is 49.5 Å². The van der Waals surface area contributed by atoms with Gasteiger partial charge in [-0.25, -0.2) is 4.98 Å². The standard InChI is InChI=1S/C14H13N3OS2/c1-7-3-4-10-9(5-7)11(15)12(20-10)13(18)17-14-16-8(2)6-19-14/h3-6H,15H2,1-2H3,(H,16,17,18). The van der Waals surface area contributed by atoms with E-state index in [0.717, 1.165) is 21.3 Å². The van der Waals surface area contributed by atoms with Gasteiger partial charge in [0.05, 0.1) is 11.4 Å². The molecular weight excluding hydrogens is 290 g/mol. The molecule has 3 N–H and O–H groups in total. The van der Waals surface area contributed by atoms with Crippen LogP contribution in [0.4, 0.5) is 10.8 Å². The largest absolute Gasteiger partial charge is 0.397 e. The second kappa shape index (κ2) is 4.88. The molecule has 4 nitrogen and oxygen atoms in total. The van der Waals surface area contributed by atoms with E-state index in [1.165, 1.54) is 22.7 Å². The van der Waals surface area contributed by atoms with E-state index in [2.05, 4.69) is 10.3 Å². The first kappa shape index (κ1) is 13.1. The third-order valence-corrected chi connectivity index (χ3v) is 4.99. The van der Waals surface area contributed by atoms with Crippen molar-refractivity contribution in [3.63, 3.8) is 0 Å². The molecule has 20 heavy (non-hydrogen) atoms. The van der Waals surface area contributed by atoms with Crippen LogP contribution in [-0.2, 0) is 0 Å². The van der Waals surface area contributed by atoms with Gasteiger partial charge in [0.2, 0.25) is 0 Å². The number of rotatable bonds is 2. The predicted molar refractivity (Wildman–Crippen MR) is 85.8 cm³/mol. The molecule has 1 amide bonds. The Labute approximate surface area is 124 Å². The number of thiophene rings is 1. The van der Waals surface area contributed by atoms with Crippen molar-refractivity contribution in [2.75, 3.05) is 11.1 Å². The number of aryl methyl sites for hydroxylation is 2. The lowest BCUT2D eigenvalue weighted by atomic mass is 10.1. The zero-order valence-electron chi connectivity index (χ0n) is 11.1. The summed E-state index contributed by atoms with van der Waals surface area (Å²) >= 11 is 2.82. The molecule has 0 aliphatic carbocycles. The number of hydrogen-bond acceptors (Lipinski definition) is 5. The number of carbonyl (C=O) groups is 1. The molecule has 0 bridgehead atoms. The van der Waals surface area contributed by atoms with Crippen molar-refractivity contribution in [2.45, 2.75) is 13.8 Å². The van der Waals surface area contributed by atoms with Gasteiger partial charge >= 0.3 is 0 Å². The Morgan fingerprint density at radius 1 is 1.35 bits per heavy atom. The van der Waals surface area contributed by atoms with Gasteiger partial charge in [-0.1, -0.05) is 11.6 Å². The number of thiazole rings is 1. The van der Waals surface area contributed by atoms with Crippen LogP contribution in [0, 0.1) is 13.8 Å². The topological polar surface area (TPSA) is 68.0 Å². The van der Waals surface area contributed by atoms with Crippen molar-refractivity contribution in [3.05, 3.63) is 39.7 Å². The highest BCUT2D eigenvalue weighted by Gasteiger charge is 2.17. The lowest BCUT2D eigenvalue weighted by molar-refractivity contribution is 0.103. The number of nitrogens with zero attached hydrogens (tertiary/aromatic N) is 1. The fourth-order valence-corrected chi connectivity index (χ4v) is 3.65. The molecule has 0 aliphatic rings. The number of amides is 1.